The van der Waals surface area contributed by atoms with Crippen LogP contribution >= 0.6 is 0 Å². The Balaban J connectivity index is 1.25. The van der Waals surface area contributed by atoms with Crippen molar-refractivity contribution < 1.29 is 19.9 Å². The van der Waals surface area contributed by atoms with E-state index in [1.165, 1.54) is 25.7 Å². The largest absolute Gasteiger partial charge is 0.383 e. The van der Waals surface area contributed by atoms with E-state index >= 15 is 0 Å². The lowest BCUT2D eigenvalue weighted by Gasteiger charge is -2.61. The van der Waals surface area contributed by atoms with Gasteiger partial charge in [0.05, 0.1) is 6.61 Å². The van der Waals surface area contributed by atoms with E-state index in [2.05, 4.69) is 10.2 Å². The fourth-order valence-corrected chi connectivity index (χ4v) is 11.0. The van der Waals surface area contributed by atoms with E-state index < -0.39 is 0 Å². The smallest absolute Gasteiger partial charge is 0.317 e. The van der Waals surface area contributed by atoms with Crippen molar-refractivity contribution in [2.24, 2.45) is 0 Å². The lowest BCUT2D eigenvalue weighted by atomic mass is 9.65. The first kappa shape index (κ1) is 31.1. The van der Waals surface area contributed by atoms with Crippen LogP contribution in [-0.4, -0.2) is 86.0 Å². The molecule has 0 atom stereocenters. The van der Waals surface area contributed by atoms with Crippen LogP contribution in [0.3, 0.4) is 0 Å². The van der Waals surface area contributed by atoms with Gasteiger partial charge in [-0.05, 0) is 77.0 Å². The number of hydrogen-bond donors (Lipinski definition) is 3. The minimum atomic E-state index is -0.218. The van der Waals surface area contributed by atoms with Crippen LogP contribution in [-0.2, 0) is 4.74 Å². The summed E-state index contributed by atoms with van der Waals surface area (Å²) in [6, 6.07) is 0.228. The number of amides is 2. The van der Waals surface area contributed by atoms with Crippen LogP contribution in [0.15, 0.2) is 0 Å². The number of methoxy groups -OCH3 is 1. The number of ether oxygens (including phenoxy) is 1. The average Bonchev–Trinajstić information content (AvgIpc) is 3.01. The second kappa shape index (κ2) is 12.8. The minimum absolute atomic E-state index is 0.0497. The van der Waals surface area contributed by atoms with Crippen LogP contribution in [0.4, 0.5) is 4.79 Å². The molecule has 8 heteroatoms. The molecule has 6 rings (SSSR count). The maximum absolute atomic E-state index is 14.5. The van der Waals surface area contributed by atoms with Crippen LogP contribution < -0.4 is 5.32 Å². The predicted molar refractivity (Wildman–Crippen MR) is 164 cm³/mol. The summed E-state index contributed by atoms with van der Waals surface area (Å²) < 4.78 is 5.57. The van der Waals surface area contributed by atoms with Crippen LogP contribution in [0.25, 0.3) is 0 Å². The number of hydrogen-bond acceptors (Lipinski definition) is 6. The number of carbonyl (C=O) groups is 1. The molecule has 0 aromatic heterocycles. The Kier molecular flexibility index (Phi) is 9.48. The molecule has 3 N–H and O–H groups in total. The average molecular weight is 589 g/mol. The third kappa shape index (κ3) is 5.77. The number of carbonyl (C=O) groups excluding carboxylic acids is 1. The summed E-state index contributed by atoms with van der Waals surface area (Å²) in [4.78, 5) is 16.6. The van der Waals surface area contributed by atoms with Gasteiger partial charge in [0.15, 0.2) is 0 Å². The lowest BCUT2D eigenvalue weighted by molar-refractivity contribution is -0.285. The highest BCUT2D eigenvalue weighted by Crippen LogP contribution is 2.53. The van der Waals surface area contributed by atoms with Gasteiger partial charge in [0, 0.05) is 47.9 Å². The molecule has 6 fully saturated rings. The molecule has 2 aliphatic heterocycles. The van der Waals surface area contributed by atoms with Crippen molar-refractivity contribution in [2.75, 3.05) is 20.3 Å². The summed E-state index contributed by atoms with van der Waals surface area (Å²) in [6.45, 7) is 1.11. The molecule has 4 saturated carbocycles. The summed E-state index contributed by atoms with van der Waals surface area (Å²) >= 11 is 0. The zero-order chi connectivity index (χ0) is 29.3. The Bertz CT molecular complexity index is 849. The first-order chi connectivity index (χ1) is 20.4. The highest BCUT2D eigenvalue weighted by atomic mass is 16.5. The first-order valence-corrected chi connectivity index (χ1v) is 17.9. The standard InChI is InChI=1S/C34H60N4O4/c1-42-23-22-36(29-26-33(18-10-4-11-19-33)38(41)34(27-29)20-12-5-13-21-34)30(39)35-28-24-31(14-6-2-7-15-31)37(40)32(25-28)16-8-3-9-17-32/h28-29,40-41H,2-27H2,1H3,(H,35,39). The van der Waals surface area contributed by atoms with Crippen molar-refractivity contribution in [2.45, 2.75) is 188 Å². The Labute approximate surface area is 254 Å². The second-order valence-corrected chi connectivity index (χ2v) is 15.6. The van der Waals surface area contributed by atoms with Crippen LogP contribution in [0, 0.1) is 0 Å². The molecule has 4 aliphatic carbocycles. The minimum Gasteiger partial charge on any atom is -0.383 e. The number of urea groups is 1. The zero-order valence-electron chi connectivity index (χ0n) is 26.6. The van der Waals surface area contributed by atoms with Gasteiger partial charge in [0.25, 0.3) is 0 Å². The summed E-state index contributed by atoms with van der Waals surface area (Å²) in [5.74, 6) is 0. The van der Waals surface area contributed by atoms with Gasteiger partial charge < -0.3 is 25.4 Å². The molecule has 0 aromatic carbocycles. The van der Waals surface area contributed by atoms with Gasteiger partial charge in [-0.3, -0.25) is 0 Å². The molecule has 2 heterocycles. The van der Waals surface area contributed by atoms with Crippen LogP contribution in [0.5, 0.6) is 0 Å². The van der Waals surface area contributed by atoms with Gasteiger partial charge in [0.2, 0.25) is 0 Å². The van der Waals surface area contributed by atoms with Crippen molar-refractivity contribution in [3.05, 3.63) is 0 Å². The van der Waals surface area contributed by atoms with Crippen molar-refractivity contribution >= 4 is 6.03 Å². The van der Waals surface area contributed by atoms with E-state index in [1.54, 1.807) is 7.11 Å². The number of hydroxylamine groups is 4. The van der Waals surface area contributed by atoms with Crippen molar-refractivity contribution in [1.29, 1.82) is 0 Å². The second-order valence-electron chi connectivity index (χ2n) is 15.6. The molecule has 0 bridgehead atoms. The van der Waals surface area contributed by atoms with Crippen molar-refractivity contribution in [1.82, 2.24) is 20.3 Å². The molecule has 0 unspecified atom stereocenters. The summed E-state index contributed by atoms with van der Waals surface area (Å²) in [5, 5.41) is 31.0. The van der Waals surface area contributed by atoms with Gasteiger partial charge >= 0.3 is 6.03 Å². The van der Waals surface area contributed by atoms with E-state index in [1.807, 2.05) is 10.1 Å². The quantitative estimate of drug-likeness (QED) is 0.316. The van der Waals surface area contributed by atoms with E-state index in [-0.39, 0.29) is 40.3 Å². The fraction of sp³-hybridized carbons (Fsp3) is 0.971. The van der Waals surface area contributed by atoms with E-state index in [0.29, 0.717) is 13.2 Å². The van der Waals surface area contributed by atoms with Gasteiger partial charge in [-0.15, -0.1) is 0 Å². The Hall–Kier alpha value is -0.930. The number of rotatable bonds is 5. The van der Waals surface area contributed by atoms with Crippen LogP contribution in [0.1, 0.15) is 154 Å². The maximum Gasteiger partial charge on any atom is 0.317 e. The molecular formula is C34H60N4O4. The third-order valence-electron chi connectivity index (χ3n) is 13.0. The highest BCUT2D eigenvalue weighted by molar-refractivity contribution is 5.75. The molecular weight excluding hydrogens is 528 g/mol. The Morgan fingerprint density at radius 2 is 1.02 bits per heavy atom. The molecule has 42 heavy (non-hydrogen) atoms. The molecule has 8 nitrogen and oxygen atoms in total. The van der Waals surface area contributed by atoms with Crippen LogP contribution in [0.2, 0.25) is 0 Å². The predicted octanol–water partition coefficient (Wildman–Crippen LogP) is 7.16. The molecule has 0 aromatic rings. The number of nitrogens with one attached hydrogen (secondary N) is 1. The fourth-order valence-electron chi connectivity index (χ4n) is 11.0. The molecule has 240 valence electrons. The van der Waals surface area contributed by atoms with Gasteiger partial charge in [-0.1, -0.05) is 77.0 Å². The van der Waals surface area contributed by atoms with Crippen molar-refractivity contribution in [3.8, 4) is 0 Å². The normalized spacial score (nSPS) is 32.7. The van der Waals surface area contributed by atoms with E-state index in [0.717, 1.165) is 128 Å². The number of piperidine rings is 2. The van der Waals surface area contributed by atoms with E-state index in [9.17, 15) is 15.2 Å². The summed E-state index contributed by atoms with van der Waals surface area (Å²) in [5.41, 5.74) is -0.845. The van der Waals surface area contributed by atoms with Gasteiger partial charge in [-0.2, -0.15) is 10.1 Å². The molecule has 6 aliphatic rings. The van der Waals surface area contributed by atoms with Gasteiger partial charge in [-0.25, -0.2) is 4.79 Å². The first-order valence-electron chi connectivity index (χ1n) is 17.9. The highest BCUT2D eigenvalue weighted by Gasteiger charge is 2.57. The Morgan fingerprint density at radius 1 is 0.667 bits per heavy atom. The SMILES string of the molecule is COCCN(C(=O)NC1CC2(CCCCC2)N(O)C2(CCCCC2)C1)C1CC2(CCCCC2)N(O)C2(CCCCC2)C1. The van der Waals surface area contributed by atoms with E-state index in [4.69, 9.17) is 4.74 Å². The molecule has 4 spiro atoms. The third-order valence-corrected chi connectivity index (χ3v) is 13.0. The number of nitrogens with zero attached hydrogens (tertiary/aromatic N) is 3. The van der Waals surface area contributed by atoms with Gasteiger partial charge in [0.1, 0.15) is 0 Å². The topological polar surface area (TPSA) is 88.5 Å². The zero-order valence-corrected chi connectivity index (χ0v) is 26.6. The monoisotopic (exact) mass is 588 g/mol. The maximum atomic E-state index is 14.5. The van der Waals surface area contributed by atoms with Crippen molar-refractivity contribution in [3.63, 3.8) is 0 Å². The summed E-state index contributed by atoms with van der Waals surface area (Å²) in [6.07, 6.45) is 25.9. The lowest BCUT2D eigenvalue weighted by Crippen LogP contribution is -2.70. The molecule has 2 saturated heterocycles. The summed E-state index contributed by atoms with van der Waals surface area (Å²) in [7, 11) is 1.73. The molecule has 0 radical (unpaired) electrons. The Morgan fingerprint density at radius 3 is 1.38 bits per heavy atom. The molecule has 2 amide bonds.